The predicted molar refractivity (Wildman–Crippen MR) is 155 cm³/mol. The number of aryl methyl sites for hydroxylation is 2. The first-order valence-corrected chi connectivity index (χ1v) is 13.4. The lowest BCUT2D eigenvalue weighted by Gasteiger charge is -2.32. The number of anilines is 2. The van der Waals surface area contributed by atoms with Gasteiger partial charge in [0.2, 0.25) is 5.82 Å². The zero-order valence-corrected chi connectivity index (χ0v) is 22.5. The van der Waals surface area contributed by atoms with E-state index in [0.29, 0.717) is 17.7 Å². The predicted octanol–water partition coefficient (Wildman–Crippen LogP) is 4.42. The van der Waals surface area contributed by atoms with Crippen molar-refractivity contribution in [2.75, 3.05) is 24.1 Å². The molecule has 0 spiro atoms. The fourth-order valence-corrected chi connectivity index (χ4v) is 5.17. The van der Waals surface area contributed by atoms with E-state index in [1.165, 1.54) is 5.56 Å². The SMILES string of the molecule is Cc1cc2nc(-c3cccnc3N)n(-c3ccc(CN4CCC(Nc5ccnc(C#N)n5)CC4)cc3)c2nc1C. The van der Waals surface area contributed by atoms with E-state index in [2.05, 4.69) is 60.1 Å². The number of likely N-dealkylation sites (tertiary alicyclic amines) is 1. The largest absolute Gasteiger partial charge is 0.383 e. The summed E-state index contributed by atoms with van der Waals surface area (Å²) in [6.45, 7) is 6.91. The molecule has 10 nitrogen and oxygen atoms in total. The van der Waals surface area contributed by atoms with Crippen LogP contribution in [0.3, 0.4) is 0 Å². The third-order valence-corrected chi connectivity index (χ3v) is 7.45. The van der Waals surface area contributed by atoms with Crippen LogP contribution in [-0.4, -0.2) is 53.5 Å². The van der Waals surface area contributed by atoms with Gasteiger partial charge in [-0.2, -0.15) is 5.26 Å². The Morgan fingerprint density at radius 3 is 2.55 bits per heavy atom. The fourth-order valence-electron chi connectivity index (χ4n) is 5.17. The fraction of sp³-hybridized carbons (Fsp3) is 0.267. The lowest BCUT2D eigenvalue weighted by atomic mass is 10.0. The second-order valence-corrected chi connectivity index (χ2v) is 10.2. The molecule has 0 amide bonds. The van der Waals surface area contributed by atoms with Crippen molar-refractivity contribution >= 4 is 22.8 Å². The Hall–Kier alpha value is -4.88. The van der Waals surface area contributed by atoms with Gasteiger partial charge in [0.1, 0.15) is 23.2 Å². The molecular weight excluding hydrogens is 500 g/mol. The zero-order valence-electron chi connectivity index (χ0n) is 22.5. The molecule has 0 unspecified atom stereocenters. The number of nitrogens with two attached hydrogens (primary N) is 1. The molecule has 5 aromatic rings. The van der Waals surface area contributed by atoms with Crippen molar-refractivity contribution < 1.29 is 0 Å². The maximum Gasteiger partial charge on any atom is 0.234 e. The Morgan fingerprint density at radius 1 is 1.00 bits per heavy atom. The first kappa shape index (κ1) is 25.4. The molecule has 200 valence electrons. The van der Waals surface area contributed by atoms with Gasteiger partial charge in [0.25, 0.3) is 0 Å². The molecule has 6 rings (SSSR count). The third-order valence-electron chi connectivity index (χ3n) is 7.45. The molecule has 40 heavy (non-hydrogen) atoms. The summed E-state index contributed by atoms with van der Waals surface area (Å²) < 4.78 is 2.07. The van der Waals surface area contributed by atoms with Gasteiger partial charge >= 0.3 is 0 Å². The first-order chi connectivity index (χ1) is 19.5. The maximum absolute atomic E-state index is 9.03. The molecule has 5 heterocycles. The van der Waals surface area contributed by atoms with Crippen molar-refractivity contribution in [3.8, 4) is 23.1 Å². The summed E-state index contributed by atoms with van der Waals surface area (Å²) in [7, 11) is 0. The summed E-state index contributed by atoms with van der Waals surface area (Å²) in [6.07, 6.45) is 5.31. The van der Waals surface area contributed by atoms with E-state index in [-0.39, 0.29) is 5.82 Å². The summed E-state index contributed by atoms with van der Waals surface area (Å²) >= 11 is 0. The molecular formula is C30H30N10. The van der Waals surface area contributed by atoms with Crippen molar-refractivity contribution in [3.63, 3.8) is 0 Å². The van der Waals surface area contributed by atoms with Gasteiger partial charge in [-0.3, -0.25) is 9.47 Å². The Balaban J connectivity index is 1.19. The Labute approximate surface area is 232 Å². The number of fused-ring (bicyclic) bond motifs is 1. The van der Waals surface area contributed by atoms with Crippen LogP contribution in [0.15, 0.2) is 60.9 Å². The van der Waals surface area contributed by atoms with Gasteiger partial charge in [-0.25, -0.2) is 24.9 Å². The van der Waals surface area contributed by atoms with Gasteiger partial charge in [0.05, 0.1) is 5.56 Å². The summed E-state index contributed by atoms with van der Waals surface area (Å²) in [5.74, 6) is 2.06. The van der Waals surface area contributed by atoms with Gasteiger partial charge in [-0.15, -0.1) is 0 Å². The van der Waals surface area contributed by atoms with E-state index in [4.69, 9.17) is 21.0 Å². The molecule has 10 heteroatoms. The van der Waals surface area contributed by atoms with Crippen LogP contribution in [0.1, 0.15) is 35.5 Å². The minimum Gasteiger partial charge on any atom is -0.383 e. The normalized spacial score (nSPS) is 14.3. The molecule has 4 aromatic heterocycles. The molecule has 1 saturated heterocycles. The monoisotopic (exact) mass is 530 g/mol. The Kier molecular flexibility index (Phi) is 6.80. The van der Waals surface area contributed by atoms with E-state index in [1.54, 1.807) is 12.4 Å². The van der Waals surface area contributed by atoms with Crippen molar-refractivity contribution in [2.24, 2.45) is 0 Å². The second-order valence-electron chi connectivity index (χ2n) is 10.2. The van der Waals surface area contributed by atoms with Crippen molar-refractivity contribution in [1.29, 1.82) is 5.26 Å². The highest BCUT2D eigenvalue weighted by Crippen LogP contribution is 2.31. The zero-order chi connectivity index (χ0) is 27.6. The quantitative estimate of drug-likeness (QED) is 0.327. The van der Waals surface area contributed by atoms with E-state index in [1.807, 2.05) is 38.1 Å². The van der Waals surface area contributed by atoms with E-state index >= 15 is 0 Å². The van der Waals surface area contributed by atoms with Crippen LogP contribution < -0.4 is 11.1 Å². The summed E-state index contributed by atoms with van der Waals surface area (Å²) in [5.41, 5.74) is 13.0. The van der Waals surface area contributed by atoms with Crippen molar-refractivity contribution in [3.05, 3.63) is 83.6 Å². The third kappa shape index (κ3) is 5.07. The van der Waals surface area contributed by atoms with E-state index in [9.17, 15) is 0 Å². The van der Waals surface area contributed by atoms with Crippen LogP contribution in [-0.2, 0) is 6.54 Å². The molecule has 0 bridgehead atoms. The van der Waals surface area contributed by atoms with Gasteiger partial charge in [0, 0.05) is 49.5 Å². The molecule has 0 saturated carbocycles. The standard InChI is InChI=1S/C30H30N10/c1-19-16-25-30(35-20(19)2)40(29(37-25)24-4-3-12-34-28(24)32)23-7-5-21(6-8-23)18-39-14-10-22(11-15-39)36-26-9-13-33-27(17-31)38-26/h3-9,12-13,16,22H,10-11,14-15,18H2,1-2H3,(H2,32,34)(H,33,36,38). The average molecular weight is 531 g/mol. The molecule has 0 radical (unpaired) electrons. The van der Waals surface area contributed by atoms with Crippen LogP contribution in [0, 0.1) is 25.2 Å². The minimum absolute atomic E-state index is 0.187. The molecule has 1 aromatic carbocycles. The van der Waals surface area contributed by atoms with Crippen LogP contribution in [0.4, 0.5) is 11.6 Å². The molecule has 1 aliphatic rings. The summed E-state index contributed by atoms with van der Waals surface area (Å²) in [4.78, 5) is 24.8. The Bertz CT molecular complexity index is 1710. The highest BCUT2D eigenvalue weighted by Gasteiger charge is 2.21. The molecule has 0 aliphatic carbocycles. The number of imidazole rings is 1. The highest BCUT2D eigenvalue weighted by atomic mass is 15.2. The topological polar surface area (TPSA) is 134 Å². The van der Waals surface area contributed by atoms with Gasteiger partial charge < -0.3 is 11.1 Å². The van der Waals surface area contributed by atoms with Crippen LogP contribution in [0.25, 0.3) is 28.2 Å². The van der Waals surface area contributed by atoms with Gasteiger partial charge in [0.15, 0.2) is 11.5 Å². The second kappa shape index (κ2) is 10.7. The Morgan fingerprint density at radius 2 is 1.80 bits per heavy atom. The molecule has 0 atom stereocenters. The number of nitrogens with one attached hydrogen (secondary N) is 1. The summed E-state index contributed by atoms with van der Waals surface area (Å²) in [5, 5.41) is 12.5. The van der Waals surface area contributed by atoms with Crippen molar-refractivity contribution in [2.45, 2.75) is 39.3 Å². The molecule has 1 fully saturated rings. The number of benzene rings is 1. The number of pyridine rings is 2. The number of aromatic nitrogens is 6. The van der Waals surface area contributed by atoms with Crippen LogP contribution in [0.5, 0.6) is 0 Å². The lowest BCUT2D eigenvalue weighted by Crippen LogP contribution is -2.38. The highest BCUT2D eigenvalue weighted by molar-refractivity contribution is 5.83. The van der Waals surface area contributed by atoms with Crippen LogP contribution in [0.2, 0.25) is 0 Å². The van der Waals surface area contributed by atoms with Gasteiger partial charge in [-0.1, -0.05) is 12.1 Å². The van der Waals surface area contributed by atoms with Crippen LogP contribution >= 0.6 is 0 Å². The molecule has 3 N–H and O–H groups in total. The van der Waals surface area contributed by atoms with Gasteiger partial charge in [-0.05, 0) is 74.2 Å². The first-order valence-electron chi connectivity index (χ1n) is 13.4. The number of hydrogen-bond donors (Lipinski definition) is 2. The number of nitriles is 1. The number of hydrogen-bond acceptors (Lipinski definition) is 9. The number of nitrogens with zero attached hydrogens (tertiary/aromatic N) is 8. The maximum atomic E-state index is 9.03. The number of piperidine rings is 1. The summed E-state index contributed by atoms with van der Waals surface area (Å²) in [6, 6.07) is 18.6. The number of nitrogen functional groups attached to an aromatic ring is 1. The van der Waals surface area contributed by atoms with E-state index in [0.717, 1.165) is 72.0 Å². The lowest BCUT2D eigenvalue weighted by molar-refractivity contribution is 0.211. The minimum atomic E-state index is 0.187. The van der Waals surface area contributed by atoms with Crippen molar-refractivity contribution in [1.82, 2.24) is 34.4 Å². The average Bonchev–Trinajstić information content (AvgIpc) is 3.32. The molecule has 1 aliphatic heterocycles. The smallest absolute Gasteiger partial charge is 0.234 e. The number of rotatable bonds is 6. The van der Waals surface area contributed by atoms with E-state index < -0.39 is 0 Å².